The van der Waals surface area contributed by atoms with Crippen molar-refractivity contribution in [3.05, 3.63) is 72.7 Å². The van der Waals surface area contributed by atoms with E-state index in [1.165, 1.54) is 12.1 Å². The topological polar surface area (TPSA) is 137 Å². The highest BCUT2D eigenvalue weighted by Gasteiger charge is 2.22. The van der Waals surface area contributed by atoms with Gasteiger partial charge in [0.25, 0.3) is 0 Å². The Morgan fingerprint density at radius 2 is 1.76 bits per heavy atom. The molecule has 11 heteroatoms. The highest BCUT2D eigenvalue weighted by Crippen LogP contribution is 2.33. The van der Waals surface area contributed by atoms with Gasteiger partial charge in [0, 0.05) is 47.2 Å². The fourth-order valence-corrected chi connectivity index (χ4v) is 4.60. The molecule has 5 heterocycles. The third-order valence-corrected chi connectivity index (χ3v) is 6.70. The SMILES string of the molecule is CNCc1cc(F)cc(-c2cncc3[nH]c(-c4[nH]nc5ncc(-c6cncc(NC(=O)C(C)(C)C)c6)cc45)nc23)c1. The van der Waals surface area contributed by atoms with Gasteiger partial charge in [-0.3, -0.25) is 19.9 Å². The van der Waals surface area contributed by atoms with Crippen molar-refractivity contribution in [3.8, 4) is 33.8 Å². The summed E-state index contributed by atoms with van der Waals surface area (Å²) < 4.78 is 14.4. The largest absolute Gasteiger partial charge is 0.335 e. The quantitative estimate of drug-likeness (QED) is 0.216. The van der Waals surface area contributed by atoms with Crippen molar-refractivity contribution >= 4 is 33.7 Å². The Bertz CT molecular complexity index is 1920. The number of nitrogens with one attached hydrogen (secondary N) is 4. The number of carbonyl (C=O) groups is 1. The van der Waals surface area contributed by atoms with Gasteiger partial charge in [0.2, 0.25) is 5.91 Å². The second-order valence-corrected chi connectivity index (χ2v) is 10.9. The highest BCUT2D eigenvalue weighted by molar-refractivity contribution is 5.97. The molecule has 0 aliphatic carbocycles. The van der Waals surface area contributed by atoms with Gasteiger partial charge < -0.3 is 15.6 Å². The van der Waals surface area contributed by atoms with Crippen LogP contribution in [-0.2, 0) is 11.3 Å². The summed E-state index contributed by atoms with van der Waals surface area (Å²) in [5.41, 5.74) is 6.42. The molecule has 0 saturated heterocycles. The molecular formula is C30H28FN9O. The minimum Gasteiger partial charge on any atom is -0.335 e. The number of amides is 1. The third kappa shape index (κ3) is 5.14. The van der Waals surface area contributed by atoms with Gasteiger partial charge in [-0.1, -0.05) is 20.8 Å². The molecule has 6 aromatic rings. The molecule has 0 aliphatic rings. The number of carbonyl (C=O) groups excluding carboxylic acids is 1. The van der Waals surface area contributed by atoms with E-state index in [-0.39, 0.29) is 11.7 Å². The zero-order valence-corrected chi connectivity index (χ0v) is 23.0. The molecule has 5 aromatic heterocycles. The molecule has 6 rings (SSSR count). The Morgan fingerprint density at radius 1 is 0.951 bits per heavy atom. The van der Waals surface area contributed by atoms with Gasteiger partial charge in [0.1, 0.15) is 11.5 Å². The number of hydrogen-bond acceptors (Lipinski definition) is 7. The van der Waals surface area contributed by atoms with Crippen molar-refractivity contribution in [2.75, 3.05) is 12.4 Å². The van der Waals surface area contributed by atoms with E-state index < -0.39 is 5.41 Å². The van der Waals surface area contributed by atoms with E-state index in [0.717, 1.165) is 22.1 Å². The molecular weight excluding hydrogens is 521 g/mol. The molecule has 0 unspecified atom stereocenters. The number of nitrogens with zero attached hydrogens (tertiary/aromatic N) is 5. The molecule has 0 aliphatic heterocycles. The molecule has 10 nitrogen and oxygen atoms in total. The first-order valence-corrected chi connectivity index (χ1v) is 13.1. The zero-order chi connectivity index (χ0) is 28.7. The zero-order valence-electron chi connectivity index (χ0n) is 23.0. The van der Waals surface area contributed by atoms with Crippen molar-refractivity contribution in [2.24, 2.45) is 5.41 Å². The summed E-state index contributed by atoms with van der Waals surface area (Å²) in [7, 11) is 1.82. The maximum absolute atomic E-state index is 14.4. The van der Waals surface area contributed by atoms with Gasteiger partial charge in [0.15, 0.2) is 11.5 Å². The molecule has 1 amide bonds. The van der Waals surface area contributed by atoms with Crippen molar-refractivity contribution in [3.63, 3.8) is 0 Å². The van der Waals surface area contributed by atoms with Crippen molar-refractivity contribution in [2.45, 2.75) is 27.3 Å². The molecule has 0 atom stereocenters. The van der Waals surface area contributed by atoms with Crippen molar-refractivity contribution < 1.29 is 9.18 Å². The van der Waals surface area contributed by atoms with Crippen LogP contribution in [0.2, 0.25) is 0 Å². The van der Waals surface area contributed by atoms with Crippen LogP contribution in [0.5, 0.6) is 0 Å². The van der Waals surface area contributed by atoms with E-state index in [1.807, 2.05) is 46.0 Å². The lowest BCUT2D eigenvalue weighted by Gasteiger charge is -2.17. The van der Waals surface area contributed by atoms with Crippen molar-refractivity contribution in [1.82, 2.24) is 40.4 Å². The van der Waals surface area contributed by atoms with Gasteiger partial charge in [-0.25, -0.2) is 14.4 Å². The van der Waals surface area contributed by atoms with Gasteiger partial charge in [-0.05, 0) is 48.5 Å². The summed E-state index contributed by atoms with van der Waals surface area (Å²) in [5.74, 6) is 0.125. The van der Waals surface area contributed by atoms with Gasteiger partial charge >= 0.3 is 0 Å². The number of imidazole rings is 1. The van der Waals surface area contributed by atoms with Crippen molar-refractivity contribution in [1.29, 1.82) is 0 Å². The number of fused-ring (bicyclic) bond motifs is 2. The lowest BCUT2D eigenvalue weighted by molar-refractivity contribution is -0.123. The first kappa shape index (κ1) is 26.2. The Hall–Kier alpha value is -5.03. The Kier molecular flexibility index (Phi) is 6.50. The minimum atomic E-state index is -0.534. The maximum Gasteiger partial charge on any atom is 0.229 e. The van der Waals surface area contributed by atoms with E-state index >= 15 is 0 Å². The van der Waals surface area contributed by atoms with Crippen LogP contribution < -0.4 is 10.6 Å². The standard InChI is InChI=1S/C30H28FN9O/c1-30(2,3)29(41)36-21-8-18(11-33-13-21)19-9-22-26(39-40-27(22)35-12-19)28-37-24-15-34-14-23(25(24)38-28)17-5-16(10-32-4)6-20(31)7-17/h5-9,11-15,32H,10H2,1-4H3,(H,36,41)(H,37,38)(H,35,39,40). The number of benzene rings is 1. The van der Waals surface area contributed by atoms with Crippen LogP contribution in [0.1, 0.15) is 26.3 Å². The summed E-state index contributed by atoms with van der Waals surface area (Å²) >= 11 is 0. The summed E-state index contributed by atoms with van der Waals surface area (Å²) in [6, 6.07) is 8.74. The monoisotopic (exact) mass is 549 g/mol. The maximum atomic E-state index is 14.4. The lowest BCUT2D eigenvalue weighted by Crippen LogP contribution is -2.27. The van der Waals surface area contributed by atoms with E-state index in [1.54, 1.807) is 31.0 Å². The third-order valence-electron chi connectivity index (χ3n) is 6.70. The van der Waals surface area contributed by atoms with Crippen LogP contribution in [0, 0.1) is 11.2 Å². The summed E-state index contributed by atoms with van der Waals surface area (Å²) in [6.07, 6.45) is 8.42. The normalized spacial score (nSPS) is 11.8. The number of aromatic nitrogens is 7. The molecule has 1 aromatic carbocycles. The Labute approximate surface area is 234 Å². The first-order chi connectivity index (χ1) is 19.7. The predicted octanol–water partition coefficient (Wildman–Crippen LogP) is 5.47. The van der Waals surface area contributed by atoms with Crippen LogP contribution in [0.25, 0.3) is 55.8 Å². The summed E-state index contributed by atoms with van der Waals surface area (Å²) in [5, 5.41) is 14.1. The fourth-order valence-electron chi connectivity index (χ4n) is 4.60. The molecule has 4 N–H and O–H groups in total. The van der Waals surface area contributed by atoms with Crippen LogP contribution in [0.4, 0.5) is 10.1 Å². The van der Waals surface area contributed by atoms with Crippen LogP contribution >= 0.6 is 0 Å². The molecule has 0 bridgehead atoms. The Balaban J connectivity index is 1.39. The number of pyridine rings is 3. The minimum absolute atomic E-state index is 0.0996. The van der Waals surface area contributed by atoms with Gasteiger partial charge in [-0.2, -0.15) is 5.10 Å². The number of anilines is 1. The van der Waals surface area contributed by atoms with Crippen LogP contribution in [0.3, 0.4) is 0 Å². The molecule has 206 valence electrons. The van der Waals surface area contributed by atoms with Crippen LogP contribution in [-0.4, -0.2) is 48.1 Å². The Morgan fingerprint density at radius 3 is 2.56 bits per heavy atom. The second-order valence-electron chi connectivity index (χ2n) is 10.9. The fraction of sp³-hybridized carbons (Fsp3) is 0.200. The highest BCUT2D eigenvalue weighted by atomic mass is 19.1. The van der Waals surface area contributed by atoms with E-state index in [9.17, 15) is 9.18 Å². The number of halogens is 1. The predicted molar refractivity (Wildman–Crippen MR) is 156 cm³/mol. The summed E-state index contributed by atoms with van der Waals surface area (Å²) in [4.78, 5) is 33.9. The lowest BCUT2D eigenvalue weighted by atomic mass is 9.95. The number of aromatic amines is 2. The van der Waals surface area contributed by atoms with E-state index in [4.69, 9.17) is 4.98 Å². The second kappa shape index (κ2) is 10.2. The number of H-pyrrole nitrogens is 2. The van der Waals surface area contributed by atoms with Gasteiger partial charge in [0.05, 0.1) is 34.5 Å². The average molecular weight is 550 g/mol. The van der Waals surface area contributed by atoms with E-state index in [0.29, 0.717) is 51.6 Å². The molecule has 0 spiro atoms. The van der Waals surface area contributed by atoms with Crippen LogP contribution in [0.15, 0.2) is 61.3 Å². The molecule has 0 saturated carbocycles. The first-order valence-electron chi connectivity index (χ1n) is 13.1. The average Bonchev–Trinajstić information content (AvgIpc) is 3.56. The summed E-state index contributed by atoms with van der Waals surface area (Å²) in [6.45, 7) is 6.10. The molecule has 0 fully saturated rings. The molecule has 0 radical (unpaired) electrons. The molecule has 41 heavy (non-hydrogen) atoms. The smallest absolute Gasteiger partial charge is 0.229 e. The van der Waals surface area contributed by atoms with E-state index in [2.05, 4.69) is 40.8 Å². The van der Waals surface area contributed by atoms with Gasteiger partial charge in [-0.15, -0.1) is 0 Å². The number of hydrogen-bond donors (Lipinski definition) is 4. The number of rotatable bonds is 6.